The van der Waals surface area contributed by atoms with Gasteiger partial charge in [-0.05, 0) is 23.8 Å². The number of nitrogens with one attached hydrogen (secondary N) is 2. The first-order valence-electron chi connectivity index (χ1n) is 6.78. The lowest BCUT2D eigenvalue weighted by Crippen LogP contribution is -2.22. The maximum Gasteiger partial charge on any atom is 0.178 e. The first kappa shape index (κ1) is 13.5. The fraction of sp³-hybridized carbons (Fsp3) is 0.118. The van der Waals surface area contributed by atoms with Gasteiger partial charge in [-0.15, -0.1) is 0 Å². The Morgan fingerprint density at radius 2 is 1.86 bits per heavy atom. The van der Waals surface area contributed by atoms with Crippen LogP contribution in [0.15, 0.2) is 54.7 Å². The molecule has 3 aromatic rings. The molecule has 1 aromatic heterocycles. The minimum absolute atomic E-state index is 0.0366. The maximum absolute atomic E-state index is 12.8. The smallest absolute Gasteiger partial charge is 0.178 e. The lowest BCUT2D eigenvalue weighted by atomic mass is 10.1. The van der Waals surface area contributed by atoms with E-state index in [2.05, 4.69) is 10.3 Å². The number of carbonyl (C=O) groups excluding carboxylic acids is 1. The lowest BCUT2D eigenvalue weighted by molar-refractivity contribution is 0.0992. The van der Waals surface area contributed by atoms with E-state index in [-0.39, 0.29) is 18.1 Å². The van der Waals surface area contributed by atoms with Gasteiger partial charge in [0.2, 0.25) is 0 Å². The molecular formula is C17H15FN2O. The SMILES string of the molecule is O=C(CNCc1ccc(F)cc1)c1c[nH]c2ccccc12. The number of para-hydroxylation sites is 1. The van der Waals surface area contributed by atoms with Gasteiger partial charge < -0.3 is 10.3 Å². The van der Waals surface area contributed by atoms with Crippen molar-refractivity contribution in [3.8, 4) is 0 Å². The molecule has 0 spiro atoms. The Kier molecular flexibility index (Phi) is 3.79. The number of ketones is 1. The standard InChI is InChI=1S/C17H15FN2O/c18-13-7-5-12(6-8-13)9-19-11-17(21)15-10-20-16-4-2-1-3-14(15)16/h1-8,10,19-20H,9,11H2. The quantitative estimate of drug-likeness (QED) is 0.705. The van der Waals surface area contributed by atoms with Crippen molar-refractivity contribution < 1.29 is 9.18 Å². The number of Topliss-reactive ketones (excluding diaryl/α,β-unsaturated/α-hetero) is 1. The molecule has 0 radical (unpaired) electrons. The molecule has 0 atom stereocenters. The molecule has 3 rings (SSSR count). The fourth-order valence-corrected chi connectivity index (χ4v) is 2.32. The third-order valence-electron chi connectivity index (χ3n) is 3.42. The van der Waals surface area contributed by atoms with E-state index < -0.39 is 0 Å². The zero-order valence-corrected chi connectivity index (χ0v) is 11.4. The van der Waals surface area contributed by atoms with Crippen molar-refractivity contribution >= 4 is 16.7 Å². The van der Waals surface area contributed by atoms with Gasteiger partial charge in [-0.3, -0.25) is 4.79 Å². The summed E-state index contributed by atoms with van der Waals surface area (Å²) in [7, 11) is 0. The summed E-state index contributed by atoms with van der Waals surface area (Å²) < 4.78 is 12.8. The summed E-state index contributed by atoms with van der Waals surface area (Å²) in [6.45, 7) is 0.785. The van der Waals surface area contributed by atoms with Crippen molar-refractivity contribution in [3.63, 3.8) is 0 Å². The van der Waals surface area contributed by atoms with E-state index in [1.165, 1.54) is 12.1 Å². The second kappa shape index (κ2) is 5.89. The Labute approximate surface area is 121 Å². The zero-order chi connectivity index (χ0) is 14.7. The van der Waals surface area contributed by atoms with Gasteiger partial charge in [0.15, 0.2) is 5.78 Å². The number of aromatic nitrogens is 1. The van der Waals surface area contributed by atoms with Crippen LogP contribution in [0.1, 0.15) is 15.9 Å². The molecule has 3 nitrogen and oxygen atoms in total. The largest absolute Gasteiger partial charge is 0.360 e. The summed E-state index contributed by atoms with van der Waals surface area (Å²) >= 11 is 0. The minimum atomic E-state index is -0.256. The number of fused-ring (bicyclic) bond motifs is 1. The number of hydrogen-bond donors (Lipinski definition) is 2. The number of rotatable bonds is 5. The van der Waals surface area contributed by atoms with Crippen LogP contribution in [0.2, 0.25) is 0 Å². The Morgan fingerprint density at radius 3 is 2.67 bits per heavy atom. The predicted octanol–water partition coefficient (Wildman–Crippen LogP) is 3.28. The molecule has 2 N–H and O–H groups in total. The zero-order valence-electron chi connectivity index (χ0n) is 11.4. The first-order valence-corrected chi connectivity index (χ1v) is 6.78. The van der Waals surface area contributed by atoms with Gasteiger partial charge in [0, 0.05) is 29.2 Å². The van der Waals surface area contributed by atoms with Crippen molar-refractivity contribution in [2.75, 3.05) is 6.54 Å². The Balaban J connectivity index is 1.63. The van der Waals surface area contributed by atoms with Crippen LogP contribution in [0.3, 0.4) is 0 Å². The van der Waals surface area contributed by atoms with Gasteiger partial charge in [-0.25, -0.2) is 4.39 Å². The summed E-state index contributed by atoms with van der Waals surface area (Å²) in [5, 5.41) is 4.02. The highest BCUT2D eigenvalue weighted by Gasteiger charge is 2.10. The summed E-state index contributed by atoms with van der Waals surface area (Å²) in [6, 6.07) is 14.0. The molecule has 0 aliphatic heterocycles. The average Bonchev–Trinajstić information content (AvgIpc) is 2.93. The molecule has 0 saturated carbocycles. The molecule has 0 unspecified atom stereocenters. The van der Waals surface area contributed by atoms with Gasteiger partial charge in [0.1, 0.15) is 5.82 Å². The minimum Gasteiger partial charge on any atom is -0.360 e. The van der Waals surface area contributed by atoms with Crippen molar-refractivity contribution in [1.29, 1.82) is 0 Å². The van der Waals surface area contributed by atoms with Gasteiger partial charge >= 0.3 is 0 Å². The monoisotopic (exact) mass is 282 g/mol. The van der Waals surface area contributed by atoms with Crippen LogP contribution in [0.25, 0.3) is 10.9 Å². The van der Waals surface area contributed by atoms with E-state index in [0.29, 0.717) is 12.1 Å². The predicted molar refractivity (Wildman–Crippen MR) is 80.7 cm³/mol. The molecule has 0 fully saturated rings. The normalized spacial score (nSPS) is 10.9. The molecule has 0 amide bonds. The number of H-pyrrole nitrogens is 1. The van der Waals surface area contributed by atoms with E-state index in [1.807, 2.05) is 24.3 Å². The Bertz CT molecular complexity index is 762. The van der Waals surface area contributed by atoms with Crippen LogP contribution >= 0.6 is 0 Å². The van der Waals surface area contributed by atoms with Gasteiger partial charge in [0.05, 0.1) is 6.54 Å². The second-order valence-electron chi connectivity index (χ2n) is 4.90. The van der Waals surface area contributed by atoms with Crippen molar-refractivity contribution in [2.24, 2.45) is 0 Å². The third-order valence-corrected chi connectivity index (χ3v) is 3.42. The number of halogens is 1. The van der Waals surface area contributed by atoms with Crippen molar-refractivity contribution in [3.05, 3.63) is 71.7 Å². The Hall–Kier alpha value is -2.46. The molecule has 2 aromatic carbocycles. The molecule has 0 bridgehead atoms. The summed E-state index contributed by atoms with van der Waals surface area (Å²) in [5.74, 6) is -0.219. The highest BCUT2D eigenvalue weighted by Crippen LogP contribution is 2.17. The van der Waals surface area contributed by atoms with Crippen LogP contribution in [0, 0.1) is 5.82 Å². The number of hydrogen-bond acceptors (Lipinski definition) is 2. The third kappa shape index (κ3) is 3.01. The van der Waals surface area contributed by atoms with E-state index in [1.54, 1.807) is 18.3 Å². The van der Waals surface area contributed by atoms with Gasteiger partial charge in [-0.1, -0.05) is 30.3 Å². The molecular weight excluding hydrogens is 267 g/mol. The summed E-state index contributed by atoms with van der Waals surface area (Å²) in [5.41, 5.74) is 2.60. The summed E-state index contributed by atoms with van der Waals surface area (Å²) in [6.07, 6.45) is 1.74. The first-order chi connectivity index (χ1) is 10.2. The fourth-order valence-electron chi connectivity index (χ4n) is 2.32. The molecule has 1 heterocycles. The van der Waals surface area contributed by atoms with Crippen molar-refractivity contribution in [1.82, 2.24) is 10.3 Å². The summed E-state index contributed by atoms with van der Waals surface area (Å²) in [4.78, 5) is 15.3. The number of aromatic amines is 1. The Morgan fingerprint density at radius 1 is 1.10 bits per heavy atom. The van der Waals surface area contributed by atoms with Crippen LogP contribution in [-0.4, -0.2) is 17.3 Å². The number of benzene rings is 2. The average molecular weight is 282 g/mol. The molecule has 0 aliphatic carbocycles. The van der Waals surface area contributed by atoms with Crippen molar-refractivity contribution in [2.45, 2.75) is 6.54 Å². The number of carbonyl (C=O) groups is 1. The van der Waals surface area contributed by atoms with E-state index in [9.17, 15) is 9.18 Å². The van der Waals surface area contributed by atoms with Gasteiger partial charge in [-0.2, -0.15) is 0 Å². The second-order valence-corrected chi connectivity index (χ2v) is 4.90. The van der Waals surface area contributed by atoms with Crippen LogP contribution in [0.4, 0.5) is 4.39 Å². The topological polar surface area (TPSA) is 44.9 Å². The van der Waals surface area contributed by atoms with E-state index in [4.69, 9.17) is 0 Å². The lowest BCUT2D eigenvalue weighted by Gasteiger charge is -2.04. The molecule has 4 heteroatoms. The molecule has 0 saturated heterocycles. The van der Waals surface area contributed by atoms with E-state index in [0.717, 1.165) is 16.5 Å². The van der Waals surface area contributed by atoms with Crippen LogP contribution in [0.5, 0.6) is 0 Å². The molecule has 0 aliphatic rings. The van der Waals surface area contributed by atoms with Gasteiger partial charge in [0.25, 0.3) is 0 Å². The van der Waals surface area contributed by atoms with Crippen LogP contribution < -0.4 is 5.32 Å². The molecule has 21 heavy (non-hydrogen) atoms. The molecule has 106 valence electrons. The highest BCUT2D eigenvalue weighted by atomic mass is 19.1. The van der Waals surface area contributed by atoms with Crippen LogP contribution in [-0.2, 0) is 6.54 Å². The van der Waals surface area contributed by atoms with E-state index >= 15 is 0 Å². The highest BCUT2D eigenvalue weighted by molar-refractivity contribution is 6.08. The maximum atomic E-state index is 12.8.